The molecule has 0 N–H and O–H groups in total. The third-order valence-corrected chi connectivity index (χ3v) is 1.71. The SMILES string of the molecule is CC(C)C(=O)/C=C/C(=O)C(C)(C)C. The molecule has 2 heteroatoms. The van der Waals surface area contributed by atoms with Crippen molar-refractivity contribution in [3.63, 3.8) is 0 Å². The van der Waals surface area contributed by atoms with Crippen LogP contribution in [0, 0.1) is 11.3 Å². The zero-order chi connectivity index (χ0) is 10.6. The van der Waals surface area contributed by atoms with Crippen molar-refractivity contribution in [2.45, 2.75) is 34.6 Å². The number of ketones is 2. The number of carbonyl (C=O) groups is 2. The van der Waals surface area contributed by atoms with Gasteiger partial charge in [-0.15, -0.1) is 0 Å². The fraction of sp³-hybridized carbons (Fsp3) is 0.636. The first-order valence-electron chi connectivity index (χ1n) is 4.51. The number of carbonyl (C=O) groups excluding carboxylic acids is 2. The molecule has 0 spiro atoms. The monoisotopic (exact) mass is 182 g/mol. The molecule has 0 unspecified atom stereocenters. The first-order valence-corrected chi connectivity index (χ1v) is 4.51. The molecule has 0 rings (SSSR count). The average molecular weight is 182 g/mol. The average Bonchev–Trinajstić information content (AvgIpc) is 1.97. The Bertz CT molecular complexity index is 229. The molecule has 0 amide bonds. The van der Waals surface area contributed by atoms with E-state index in [0.717, 1.165) is 0 Å². The van der Waals surface area contributed by atoms with Gasteiger partial charge in [-0.1, -0.05) is 34.6 Å². The van der Waals surface area contributed by atoms with Crippen LogP contribution in [0.5, 0.6) is 0 Å². The molecule has 0 heterocycles. The molecule has 0 saturated heterocycles. The highest BCUT2D eigenvalue weighted by molar-refractivity contribution is 6.01. The van der Waals surface area contributed by atoms with E-state index in [4.69, 9.17) is 0 Å². The highest BCUT2D eigenvalue weighted by Crippen LogP contribution is 2.15. The quantitative estimate of drug-likeness (QED) is 0.628. The lowest BCUT2D eigenvalue weighted by Gasteiger charge is -2.12. The van der Waals surface area contributed by atoms with Crippen molar-refractivity contribution in [1.29, 1.82) is 0 Å². The normalized spacial score (nSPS) is 12.5. The van der Waals surface area contributed by atoms with Gasteiger partial charge in [-0.25, -0.2) is 0 Å². The van der Waals surface area contributed by atoms with Gasteiger partial charge in [-0.05, 0) is 12.2 Å². The molecule has 0 aromatic heterocycles. The summed E-state index contributed by atoms with van der Waals surface area (Å²) in [7, 11) is 0. The Morgan fingerprint density at radius 2 is 1.54 bits per heavy atom. The number of rotatable bonds is 3. The van der Waals surface area contributed by atoms with E-state index in [-0.39, 0.29) is 17.5 Å². The van der Waals surface area contributed by atoms with Gasteiger partial charge >= 0.3 is 0 Å². The zero-order valence-corrected chi connectivity index (χ0v) is 9.05. The van der Waals surface area contributed by atoms with E-state index in [2.05, 4.69) is 0 Å². The van der Waals surface area contributed by atoms with Crippen molar-refractivity contribution in [3.05, 3.63) is 12.2 Å². The minimum Gasteiger partial charge on any atom is -0.295 e. The maximum Gasteiger partial charge on any atom is 0.161 e. The Morgan fingerprint density at radius 3 is 1.85 bits per heavy atom. The lowest BCUT2D eigenvalue weighted by molar-refractivity contribution is -0.122. The first kappa shape index (κ1) is 12.1. The fourth-order valence-electron chi connectivity index (χ4n) is 0.600. The molecule has 0 fully saturated rings. The van der Waals surface area contributed by atoms with Crippen molar-refractivity contribution >= 4 is 11.6 Å². The molecule has 0 atom stereocenters. The van der Waals surface area contributed by atoms with Gasteiger partial charge in [-0.3, -0.25) is 9.59 Å². The number of hydrogen-bond acceptors (Lipinski definition) is 2. The van der Waals surface area contributed by atoms with Gasteiger partial charge in [0, 0.05) is 11.3 Å². The lowest BCUT2D eigenvalue weighted by Crippen LogP contribution is -2.18. The van der Waals surface area contributed by atoms with E-state index in [1.54, 1.807) is 0 Å². The maximum absolute atomic E-state index is 11.4. The van der Waals surface area contributed by atoms with Crippen molar-refractivity contribution in [1.82, 2.24) is 0 Å². The summed E-state index contributed by atoms with van der Waals surface area (Å²) >= 11 is 0. The van der Waals surface area contributed by atoms with Crippen LogP contribution in [-0.2, 0) is 9.59 Å². The van der Waals surface area contributed by atoms with Crippen LogP contribution in [0.25, 0.3) is 0 Å². The minimum absolute atomic E-state index is 0.00222. The van der Waals surface area contributed by atoms with Crippen LogP contribution in [-0.4, -0.2) is 11.6 Å². The maximum atomic E-state index is 11.4. The van der Waals surface area contributed by atoms with Crippen LogP contribution in [0.2, 0.25) is 0 Å². The van der Waals surface area contributed by atoms with Gasteiger partial charge in [0.05, 0.1) is 0 Å². The van der Waals surface area contributed by atoms with Crippen LogP contribution in [0.1, 0.15) is 34.6 Å². The molecular weight excluding hydrogens is 164 g/mol. The number of allylic oxidation sites excluding steroid dienone is 2. The summed E-state index contributed by atoms with van der Waals surface area (Å²) in [4.78, 5) is 22.5. The van der Waals surface area contributed by atoms with Crippen LogP contribution >= 0.6 is 0 Å². The molecule has 0 aromatic carbocycles. The molecule has 0 bridgehead atoms. The van der Waals surface area contributed by atoms with Crippen LogP contribution in [0.3, 0.4) is 0 Å². The van der Waals surface area contributed by atoms with E-state index in [1.165, 1.54) is 12.2 Å². The van der Waals surface area contributed by atoms with Gasteiger partial charge in [0.25, 0.3) is 0 Å². The molecule has 2 nitrogen and oxygen atoms in total. The second kappa shape index (κ2) is 4.35. The summed E-state index contributed by atoms with van der Waals surface area (Å²) in [5, 5.41) is 0. The van der Waals surface area contributed by atoms with Crippen molar-refractivity contribution in [3.8, 4) is 0 Å². The Balaban J connectivity index is 4.30. The van der Waals surface area contributed by atoms with Gasteiger partial charge in [0.1, 0.15) is 0 Å². The molecule has 0 saturated carbocycles. The summed E-state index contributed by atoms with van der Waals surface area (Å²) in [5.74, 6) is -0.0527. The molecule has 0 aliphatic rings. The molecule has 74 valence electrons. The van der Waals surface area contributed by atoms with Gasteiger partial charge < -0.3 is 0 Å². The fourth-order valence-corrected chi connectivity index (χ4v) is 0.600. The van der Waals surface area contributed by atoms with E-state index in [1.807, 2.05) is 34.6 Å². The molecule has 13 heavy (non-hydrogen) atoms. The lowest BCUT2D eigenvalue weighted by atomic mass is 9.90. The van der Waals surface area contributed by atoms with E-state index in [9.17, 15) is 9.59 Å². The van der Waals surface area contributed by atoms with Crippen molar-refractivity contribution < 1.29 is 9.59 Å². The molecular formula is C11H18O2. The summed E-state index contributed by atoms with van der Waals surface area (Å²) in [6.45, 7) is 9.13. The molecule has 0 radical (unpaired) electrons. The van der Waals surface area contributed by atoms with Crippen LogP contribution < -0.4 is 0 Å². The standard InChI is InChI=1S/C11H18O2/c1-8(2)9(12)6-7-10(13)11(3,4)5/h6-8H,1-5H3/b7-6+. The smallest absolute Gasteiger partial charge is 0.161 e. The summed E-state index contributed by atoms with van der Waals surface area (Å²) in [6.07, 6.45) is 2.75. The van der Waals surface area contributed by atoms with Gasteiger partial charge in [-0.2, -0.15) is 0 Å². The molecule has 0 aromatic rings. The molecule has 0 aliphatic heterocycles. The summed E-state index contributed by atoms with van der Waals surface area (Å²) < 4.78 is 0. The first-order chi connectivity index (χ1) is 5.75. The zero-order valence-electron chi connectivity index (χ0n) is 9.05. The highest BCUT2D eigenvalue weighted by Gasteiger charge is 2.18. The topological polar surface area (TPSA) is 34.1 Å². The Hall–Kier alpha value is -0.920. The molecule has 0 aliphatic carbocycles. The van der Waals surface area contributed by atoms with Crippen molar-refractivity contribution in [2.75, 3.05) is 0 Å². The third-order valence-electron chi connectivity index (χ3n) is 1.71. The second-order valence-corrected chi connectivity index (χ2v) is 4.50. The minimum atomic E-state index is -0.395. The predicted molar refractivity (Wildman–Crippen MR) is 53.4 cm³/mol. The Morgan fingerprint density at radius 1 is 1.08 bits per heavy atom. The van der Waals surface area contributed by atoms with Gasteiger partial charge in [0.15, 0.2) is 11.6 Å². The Kier molecular flexibility index (Phi) is 4.05. The van der Waals surface area contributed by atoms with E-state index in [0.29, 0.717) is 0 Å². The number of hydrogen-bond donors (Lipinski definition) is 0. The summed E-state index contributed by atoms with van der Waals surface area (Å²) in [5.41, 5.74) is -0.395. The van der Waals surface area contributed by atoms with Crippen LogP contribution in [0.15, 0.2) is 12.2 Å². The van der Waals surface area contributed by atoms with E-state index < -0.39 is 5.41 Å². The van der Waals surface area contributed by atoms with E-state index >= 15 is 0 Å². The second-order valence-electron chi connectivity index (χ2n) is 4.50. The highest BCUT2D eigenvalue weighted by atomic mass is 16.1. The van der Waals surface area contributed by atoms with Crippen molar-refractivity contribution in [2.24, 2.45) is 11.3 Å². The predicted octanol–water partition coefficient (Wildman–Crippen LogP) is 2.38. The largest absolute Gasteiger partial charge is 0.295 e. The summed E-state index contributed by atoms with van der Waals surface area (Å²) in [6, 6.07) is 0. The van der Waals surface area contributed by atoms with Crippen LogP contribution in [0.4, 0.5) is 0 Å². The van der Waals surface area contributed by atoms with Gasteiger partial charge in [0.2, 0.25) is 0 Å². The Labute approximate surface area is 80.0 Å². The third kappa shape index (κ3) is 4.61.